The van der Waals surface area contributed by atoms with E-state index in [1.54, 1.807) is 13.8 Å². The van der Waals surface area contributed by atoms with Crippen LogP contribution in [0.4, 0.5) is 0 Å². The molecule has 0 radical (unpaired) electrons. The molecule has 5 nitrogen and oxygen atoms in total. The van der Waals surface area contributed by atoms with Crippen LogP contribution >= 0.6 is 0 Å². The van der Waals surface area contributed by atoms with E-state index in [0.717, 1.165) is 11.1 Å². The standard InChI is InChI=1S/C20H22N2O3S/c1-15-19(16(2)25-22-15)26(23,24)21-14-20(3,17-10-6-4-7-11-17)18-12-8-5-9-13-18/h4-13,21H,14H2,1-3H3. The Morgan fingerprint density at radius 3 is 1.88 bits per heavy atom. The van der Waals surface area contributed by atoms with Gasteiger partial charge >= 0.3 is 0 Å². The fourth-order valence-corrected chi connectivity index (χ4v) is 4.62. The van der Waals surface area contributed by atoms with Crippen LogP contribution in [0.1, 0.15) is 29.5 Å². The van der Waals surface area contributed by atoms with Gasteiger partial charge in [-0.25, -0.2) is 13.1 Å². The van der Waals surface area contributed by atoms with E-state index in [2.05, 4.69) is 9.88 Å². The third-order valence-corrected chi connectivity index (χ3v) is 6.32. The number of aryl methyl sites for hydroxylation is 2. The summed E-state index contributed by atoms with van der Waals surface area (Å²) in [6, 6.07) is 19.8. The summed E-state index contributed by atoms with van der Waals surface area (Å²) in [6.45, 7) is 5.47. The Hall–Kier alpha value is -2.44. The van der Waals surface area contributed by atoms with Gasteiger partial charge < -0.3 is 4.52 Å². The lowest BCUT2D eigenvalue weighted by Crippen LogP contribution is -2.39. The number of hydrogen-bond acceptors (Lipinski definition) is 4. The van der Waals surface area contributed by atoms with Crippen molar-refractivity contribution in [2.24, 2.45) is 0 Å². The highest BCUT2D eigenvalue weighted by Gasteiger charge is 2.32. The zero-order valence-corrected chi connectivity index (χ0v) is 15.9. The van der Waals surface area contributed by atoms with Crippen LogP contribution in [0, 0.1) is 13.8 Å². The molecular weight excluding hydrogens is 348 g/mol. The first-order valence-corrected chi connectivity index (χ1v) is 9.86. The second-order valence-electron chi connectivity index (χ2n) is 6.54. The molecular formula is C20H22N2O3S. The van der Waals surface area contributed by atoms with E-state index in [9.17, 15) is 8.42 Å². The Balaban J connectivity index is 1.98. The van der Waals surface area contributed by atoms with Crippen LogP contribution in [0.2, 0.25) is 0 Å². The molecule has 0 unspecified atom stereocenters. The van der Waals surface area contributed by atoms with E-state index in [4.69, 9.17) is 4.52 Å². The van der Waals surface area contributed by atoms with Crippen molar-refractivity contribution in [1.82, 2.24) is 9.88 Å². The molecule has 3 aromatic rings. The summed E-state index contributed by atoms with van der Waals surface area (Å²) in [5, 5.41) is 3.75. The molecule has 0 aliphatic rings. The lowest BCUT2D eigenvalue weighted by atomic mass is 9.76. The van der Waals surface area contributed by atoms with Gasteiger partial charge in [0.25, 0.3) is 0 Å². The van der Waals surface area contributed by atoms with E-state index >= 15 is 0 Å². The highest BCUT2D eigenvalue weighted by Crippen LogP contribution is 2.32. The summed E-state index contributed by atoms with van der Waals surface area (Å²) in [5.74, 6) is 0.288. The highest BCUT2D eigenvalue weighted by molar-refractivity contribution is 7.89. The molecule has 0 fully saturated rings. The lowest BCUT2D eigenvalue weighted by Gasteiger charge is -2.31. The molecule has 0 aliphatic heterocycles. The van der Waals surface area contributed by atoms with E-state index in [1.807, 2.05) is 67.6 Å². The van der Waals surface area contributed by atoms with Crippen LogP contribution in [0.15, 0.2) is 70.1 Å². The minimum atomic E-state index is -3.73. The third-order valence-electron chi connectivity index (χ3n) is 4.67. The van der Waals surface area contributed by atoms with Crippen LogP contribution in [-0.2, 0) is 15.4 Å². The Morgan fingerprint density at radius 1 is 0.962 bits per heavy atom. The molecule has 0 saturated heterocycles. The van der Waals surface area contributed by atoms with Gasteiger partial charge in [-0.1, -0.05) is 72.7 Å². The van der Waals surface area contributed by atoms with Crippen LogP contribution in [0.5, 0.6) is 0 Å². The second-order valence-corrected chi connectivity index (χ2v) is 8.25. The fraction of sp³-hybridized carbons (Fsp3) is 0.250. The topological polar surface area (TPSA) is 72.2 Å². The molecule has 1 heterocycles. The largest absolute Gasteiger partial charge is 0.360 e. The minimum absolute atomic E-state index is 0.112. The number of hydrogen-bond donors (Lipinski definition) is 1. The van der Waals surface area contributed by atoms with E-state index in [1.165, 1.54) is 0 Å². The summed E-state index contributed by atoms with van der Waals surface area (Å²) in [5.41, 5.74) is 1.91. The second kappa shape index (κ2) is 7.05. The van der Waals surface area contributed by atoms with E-state index in [-0.39, 0.29) is 17.2 Å². The molecule has 1 aromatic heterocycles. The number of benzene rings is 2. The van der Waals surface area contributed by atoms with Crippen molar-refractivity contribution in [3.63, 3.8) is 0 Å². The van der Waals surface area contributed by atoms with Crippen molar-refractivity contribution in [3.8, 4) is 0 Å². The normalized spacial score (nSPS) is 12.3. The molecule has 0 aliphatic carbocycles. The van der Waals surface area contributed by atoms with E-state index in [0.29, 0.717) is 5.69 Å². The molecule has 136 valence electrons. The quantitative estimate of drug-likeness (QED) is 0.720. The zero-order valence-electron chi connectivity index (χ0n) is 15.1. The van der Waals surface area contributed by atoms with Crippen LogP contribution in [0.3, 0.4) is 0 Å². The monoisotopic (exact) mass is 370 g/mol. The van der Waals surface area contributed by atoms with Crippen LogP contribution in [0.25, 0.3) is 0 Å². The van der Waals surface area contributed by atoms with Gasteiger partial charge in [-0.05, 0) is 25.0 Å². The van der Waals surface area contributed by atoms with Gasteiger partial charge in [0.05, 0.1) is 0 Å². The first kappa shape index (κ1) is 18.4. The number of nitrogens with one attached hydrogen (secondary N) is 1. The van der Waals surface area contributed by atoms with E-state index < -0.39 is 15.4 Å². The van der Waals surface area contributed by atoms with Crippen molar-refractivity contribution >= 4 is 10.0 Å². The predicted octanol–water partition coefficient (Wildman–Crippen LogP) is 3.58. The predicted molar refractivity (Wildman–Crippen MR) is 101 cm³/mol. The average molecular weight is 370 g/mol. The summed E-state index contributed by atoms with van der Waals surface area (Å²) in [6.07, 6.45) is 0. The summed E-state index contributed by atoms with van der Waals surface area (Å²) >= 11 is 0. The maximum absolute atomic E-state index is 12.8. The average Bonchev–Trinajstić information content (AvgIpc) is 3.00. The smallest absolute Gasteiger partial charge is 0.246 e. The lowest BCUT2D eigenvalue weighted by molar-refractivity contribution is 0.390. The van der Waals surface area contributed by atoms with Gasteiger partial charge in [-0.15, -0.1) is 0 Å². The van der Waals surface area contributed by atoms with Crippen molar-refractivity contribution < 1.29 is 12.9 Å². The Kier molecular flexibility index (Phi) is 4.98. The number of nitrogens with zero attached hydrogens (tertiary/aromatic N) is 1. The van der Waals surface area contributed by atoms with Gasteiger partial charge in [-0.3, -0.25) is 0 Å². The Morgan fingerprint density at radius 2 is 1.46 bits per heavy atom. The fourth-order valence-electron chi connectivity index (χ4n) is 3.15. The van der Waals surface area contributed by atoms with Crippen molar-refractivity contribution in [1.29, 1.82) is 0 Å². The Labute approximate surface area is 154 Å². The Bertz CT molecular complexity index is 921. The SMILES string of the molecule is Cc1noc(C)c1S(=O)(=O)NCC(C)(c1ccccc1)c1ccccc1. The van der Waals surface area contributed by atoms with Gasteiger partial charge in [0.2, 0.25) is 10.0 Å². The molecule has 3 rings (SSSR count). The van der Waals surface area contributed by atoms with Crippen LogP contribution in [-0.4, -0.2) is 20.1 Å². The summed E-state index contributed by atoms with van der Waals surface area (Å²) in [4.78, 5) is 0.112. The van der Waals surface area contributed by atoms with Gasteiger partial charge in [0, 0.05) is 12.0 Å². The number of rotatable bonds is 6. The maximum atomic E-state index is 12.8. The summed E-state index contributed by atoms with van der Waals surface area (Å²) in [7, 11) is -3.73. The minimum Gasteiger partial charge on any atom is -0.360 e. The maximum Gasteiger partial charge on any atom is 0.246 e. The molecule has 6 heteroatoms. The van der Waals surface area contributed by atoms with Crippen molar-refractivity contribution in [2.45, 2.75) is 31.1 Å². The first-order valence-electron chi connectivity index (χ1n) is 8.38. The molecule has 2 aromatic carbocycles. The highest BCUT2D eigenvalue weighted by atomic mass is 32.2. The third kappa shape index (κ3) is 3.43. The number of sulfonamides is 1. The van der Waals surface area contributed by atoms with Gasteiger partial charge in [0.1, 0.15) is 10.6 Å². The van der Waals surface area contributed by atoms with Crippen molar-refractivity contribution in [2.75, 3.05) is 6.54 Å². The van der Waals surface area contributed by atoms with Crippen LogP contribution < -0.4 is 4.72 Å². The van der Waals surface area contributed by atoms with Crippen molar-refractivity contribution in [3.05, 3.63) is 83.2 Å². The molecule has 0 saturated carbocycles. The molecule has 26 heavy (non-hydrogen) atoms. The zero-order chi connectivity index (χ0) is 18.8. The van der Waals surface area contributed by atoms with Gasteiger partial charge in [0.15, 0.2) is 5.76 Å². The van der Waals surface area contributed by atoms with Gasteiger partial charge in [-0.2, -0.15) is 0 Å². The molecule has 0 bridgehead atoms. The summed E-state index contributed by atoms with van der Waals surface area (Å²) < 4.78 is 33.4. The molecule has 0 spiro atoms. The number of aromatic nitrogens is 1. The molecule has 0 atom stereocenters. The molecule has 0 amide bonds. The molecule has 1 N–H and O–H groups in total. The first-order chi connectivity index (χ1) is 12.3.